The minimum absolute atomic E-state index is 0.00260. The molecule has 2 unspecified atom stereocenters. The molecule has 0 bridgehead atoms. The molecular weight excluding hydrogens is 270 g/mol. The number of amidine groups is 1. The van der Waals surface area contributed by atoms with Crippen molar-refractivity contribution >= 4 is 11.7 Å². The van der Waals surface area contributed by atoms with Crippen molar-refractivity contribution in [3.63, 3.8) is 0 Å². The smallest absolute Gasteiger partial charge is 0.234 e. The van der Waals surface area contributed by atoms with E-state index in [1.807, 2.05) is 0 Å². The monoisotopic (exact) mass is 297 g/mol. The van der Waals surface area contributed by atoms with E-state index in [1.54, 1.807) is 0 Å². The number of carbonyl (C=O) groups excluding carboxylic acids is 1. The van der Waals surface area contributed by atoms with Gasteiger partial charge in [0.05, 0.1) is 12.1 Å². The van der Waals surface area contributed by atoms with Crippen LogP contribution >= 0.6 is 0 Å². The van der Waals surface area contributed by atoms with Crippen LogP contribution in [0.1, 0.15) is 64.2 Å². The Morgan fingerprint density at radius 1 is 1.10 bits per heavy atom. The third kappa shape index (κ3) is 3.48. The van der Waals surface area contributed by atoms with Gasteiger partial charge in [-0.25, -0.2) is 0 Å². The molecule has 6 heteroatoms. The van der Waals surface area contributed by atoms with Crippen LogP contribution in [0.25, 0.3) is 0 Å². The van der Waals surface area contributed by atoms with E-state index in [4.69, 9.17) is 10.9 Å². The maximum atomic E-state index is 12.8. The van der Waals surface area contributed by atoms with Crippen LogP contribution in [0.5, 0.6) is 0 Å². The average Bonchev–Trinajstić information content (AvgIpc) is 2.72. The molecule has 5 N–H and O–H groups in total. The second-order valence-corrected chi connectivity index (χ2v) is 6.41. The van der Waals surface area contributed by atoms with Gasteiger partial charge in [-0.3, -0.25) is 4.79 Å². The molecule has 21 heavy (non-hydrogen) atoms. The molecule has 2 fully saturated rings. The van der Waals surface area contributed by atoms with Crippen LogP contribution in [-0.4, -0.2) is 34.2 Å². The molecule has 0 radical (unpaired) electrons. The molecule has 2 aliphatic carbocycles. The normalized spacial score (nSPS) is 30.4. The largest absolute Gasteiger partial charge is 0.409 e. The zero-order valence-corrected chi connectivity index (χ0v) is 12.6. The number of nitrogens with zero attached hydrogens (tertiary/aromatic N) is 1. The Balaban J connectivity index is 2.11. The molecule has 0 heterocycles. The quantitative estimate of drug-likeness (QED) is 0.208. The fourth-order valence-corrected chi connectivity index (χ4v) is 3.61. The summed E-state index contributed by atoms with van der Waals surface area (Å²) < 4.78 is 0. The van der Waals surface area contributed by atoms with E-state index in [0.717, 1.165) is 51.4 Å². The molecular formula is C15H27N3O3. The van der Waals surface area contributed by atoms with Crippen LogP contribution < -0.4 is 11.1 Å². The van der Waals surface area contributed by atoms with Crippen molar-refractivity contribution in [3.05, 3.63) is 0 Å². The lowest BCUT2D eigenvalue weighted by atomic mass is 9.72. The highest BCUT2D eigenvalue weighted by atomic mass is 16.4. The third-order valence-corrected chi connectivity index (χ3v) is 5.04. The van der Waals surface area contributed by atoms with Gasteiger partial charge in [-0.05, 0) is 25.7 Å². The summed E-state index contributed by atoms with van der Waals surface area (Å²) in [6.07, 6.45) is 8.21. The number of nitrogens with one attached hydrogen (secondary N) is 1. The first-order valence-corrected chi connectivity index (χ1v) is 8.07. The lowest BCUT2D eigenvalue weighted by Gasteiger charge is -2.36. The highest BCUT2D eigenvalue weighted by Crippen LogP contribution is 2.37. The fourth-order valence-electron chi connectivity index (χ4n) is 3.61. The van der Waals surface area contributed by atoms with Gasteiger partial charge in [0.1, 0.15) is 5.41 Å². The van der Waals surface area contributed by atoms with E-state index >= 15 is 0 Å². The Morgan fingerprint density at radius 2 is 1.71 bits per heavy atom. The SMILES string of the molecule is NC(=NO)C1(C(=O)NC2CCCCCC2O)CCCCC1. The van der Waals surface area contributed by atoms with E-state index in [9.17, 15) is 9.90 Å². The standard InChI is InChI=1S/C15H27N3O3/c16-13(18-21)15(9-5-2-6-10-15)14(20)17-11-7-3-1-4-8-12(11)19/h11-12,19,21H,1-10H2,(H2,16,18)(H,17,20). The number of carbonyl (C=O) groups is 1. The zero-order valence-electron chi connectivity index (χ0n) is 12.6. The first-order valence-electron chi connectivity index (χ1n) is 8.07. The number of hydrogen-bond acceptors (Lipinski definition) is 4. The minimum atomic E-state index is -0.904. The average molecular weight is 297 g/mol. The molecule has 2 rings (SSSR count). The summed E-state index contributed by atoms with van der Waals surface area (Å²) in [5.41, 5.74) is 4.93. The first-order chi connectivity index (χ1) is 10.1. The molecule has 0 spiro atoms. The van der Waals surface area contributed by atoms with Gasteiger partial charge in [0.25, 0.3) is 0 Å². The Kier molecular flexibility index (Phi) is 5.45. The number of nitrogens with two attached hydrogens (primary N) is 1. The van der Waals surface area contributed by atoms with Crippen molar-refractivity contribution < 1.29 is 15.1 Å². The molecule has 0 aliphatic heterocycles. The molecule has 2 aliphatic rings. The Bertz CT molecular complexity index is 392. The molecule has 0 saturated heterocycles. The van der Waals surface area contributed by atoms with Gasteiger partial charge in [-0.15, -0.1) is 0 Å². The van der Waals surface area contributed by atoms with E-state index in [2.05, 4.69) is 10.5 Å². The topological polar surface area (TPSA) is 108 Å². The fraction of sp³-hybridized carbons (Fsp3) is 0.867. The maximum absolute atomic E-state index is 12.8. The molecule has 0 aromatic heterocycles. The highest BCUT2D eigenvalue weighted by molar-refractivity contribution is 6.06. The van der Waals surface area contributed by atoms with Gasteiger partial charge in [0.15, 0.2) is 5.84 Å². The van der Waals surface area contributed by atoms with E-state index < -0.39 is 11.5 Å². The van der Waals surface area contributed by atoms with Gasteiger partial charge in [0.2, 0.25) is 5.91 Å². The van der Waals surface area contributed by atoms with E-state index in [1.165, 1.54) is 0 Å². The van der Waals surface area contributed by atoms with Crippen molar-refractivity contribution in [3.8, 4) is 0 Å². The van der Waals surface area contributed by atoms with Crippen LogP contribution in [-0.2, 0) is 4.79 Å². The maximum Gasteiger partial charge on any atom is 0.234 e. The van der Waals surface area contributed by atoms with Gasteiger partial charge >= 0.3 is 0 Å². The number of amides is 1. The van der Waals surface area contributed by atoms with Crippen LogP contribution in [0.15, 0.2) is 5.16 Å². The minimum Gasteiger partial charge on any atom is -0.409 e. The highest BCUT2D eigenvalue weighted by Gasteiger charge is 2.44. The number of aliphatic hydroxyl groups is 1. The summed E-state index contributed by atoms with van der Waals surface area (Å²) in [4.78, 5) is 12.8. The number of oxime groups is 1. The van der Waals surface area contributed by atoms with E-state index in [-0.39, 0.29) is 17.8 Å². The zero-order chi connectivity index (χ0) is 15.3. The van der Waals surface area contributed by atoms with Crippen molar-refractivity contribution in [1.29, 1.82) is 0 Å². The first kappa shape index (κ1) is 16.1. The van der Waals surface area contributed by atoms with Crippen LogP contribution in [0.2, 0.25) is 0 Å². The molecule has 2 saturated carbocycles. The predicted octanol–water partition coefficient (Wildman–Crippen LogP) is 1.49. The van der Waals surface area contributed by atoms with Gasteiger partial charge in [-0.1, -0.05) is 43.7 Å². The van der Waals surface area contributed by atoms with Crippen LogP contribution in [0.3, 0.4) is 0 Å². The molecule has 0 aromatic carbocycles. The Labute approximate surface area is 125 Å². The van der Waals surface area contributed by atoms with Gasteiger partial charge in [-0.2, -0.15) is 0 Å². The molecule has 1 amide bonds. The summed E-state index contributed by atoms with van der Waals surface area (Å²) in [6, 6.07) is -0.217. The summed E-state index contributed by atoms with van der Waals surface area (Å²) in [7, 11) is 0. The van der Waals surface area contributed by atoms with Gasteiger partial charge < -0.3 is 21.4 Å². The summed E-state index contributed by atoms with van der Waals surface area (Å²) in [5.74, 6) is -0.189. The van der Waals surface area contributed by atoms with Crippen molar-refractivity contribution in [1.82, 2.24) is 5.32 Å². The summed E-state index contributed by atoms with van der Waals surface area (Å²) in [5, 5.41) is 25.3. The number of rotatable bonds is 3. The van der Waals surface area contributed by atoms with Crippen LogP contribution in [0.4, 0.5) is 0 Å². The lowest BCUT2D eigenvalue weighted by Crippen LogP contribution is -2.55. The number of hydrogen-bond donors (Lipinski definition) is 4. The molecule has 120 valence electrons. The lowest BCUT2D eigenvalue weighted by molar-refractivity contribution is -0.130. The molecule has 0 aromatic rings. The number of aliphatic hydroxyl groups excluding tert-OH is 1. The van der Waals surface area contributed by atoms with Crippen molar-refractivity contribution in [2.45, 2.75) is 76.4 Å². The van der Waals surface area contributed by atoms with E-state index in [0.29, 0.717) is 12.8 Å². The summed E-state index contributed by atoms with van der Waals surface area (Å²) in [6.45, 7) is 0. The Hall–Kier alpha value is -1.30. The van der Waals surface area contributed by atoms with Crippen LogP contribution in [0, 0.1) is 5.41 Å². The molecule has 2 atom stereocenters. The van der Waals surface area contributed by atoms with Crippen molar-refractivity contribution in [2.75, 3.05) is 0 Å². The molecule has 6 nitrogen and oxygen atoms in total. The summed E-state index contributed by atoms with van der Waals surface area (Å²) >= 11 is 0. The Morgan fingerprint density at radius 3 is 2.38 bits per heavy atom. The predicted molar refractivity (Wildman–Crippen MR) is 79.9 cm³/mol. The second kappa shape index (κ2) is 7.11. The third-order valence-electron chi connectivity index (χ3n) is 5.04. The van der Waals surface area contributed by atoms with Gasteiger partial charge in [0, 0.05) is 0 Å². The van der Waals surface area contributed by atoms with Crippen molar-refractivity contribution in [2.24, 2.45) is 16.3 Å². The second-order valence-electron chi connectivity index (χ2n) is 6.41.